The van der Waals surface area contributed by atoms with E-state index in [1.807, 2.05) is 20.8 Å². The molecular weight excluding hydrogens is 500 g/mol. The van der Waals surface area contributed by atoms with Gasteiger partial charge in [-0.3, -0.25) is 4.79 Å². The van der Waals surface area contributed by atoms with Crippen LogP contribution in [0.5, 0.6) is 11.5 Å². The molecule has 1 fully saturated rings. The maximum Gasteiger partial charge on any atom is 0.187 e. The zero-order valence-electron chi connectivity index (χ0n) is 24.8. The van der Waals surface area contributed by atoms with Gasteiger partial charge in [0.15, 0.2) is 6.29 Å². The first-order valence-electron chi connectivity index (χ1n) is 14.2. The summed E-state index contributed by atoms with van der Waals surface area (Å²) in [5.41, 5.74) is 2.73. The average Bonchev–Trinajstić information content (AvgIpc) is 2.90. The lowest BCUT2D eigenvalue weighted by Gasteiger charge is -2.42. The second-order valence-corrected chi connectivity index (χ2v) is 11.4. The number of rotatable bonds is 14. The number of ether oxygens (including phenoxy) is 3. The number of aromatic hydroxyl groups is 1. The number of unbranched alkanes of at least 4 members (excludes halogenated alkanes) is 2. The van der Waals surface area contributed by atoms with Crippen LogP contribution in [0.3, 0.4) is 0 Å². The van der Waals surface area contributed by atoms with Gasteiger partial charge in [-0.25, -0.2) is 0 Å². The summed E-state index contributed by atoms with van der Waals surface area (Å²) in [6, 6.07) is 0. The van der Waals surface area contributed by atoms with Gasteiger partial charge in [-0.15, -0.1) is 0 Å². The number of Topliss-reactive ketones (excluding diaryl/α,β-unsaturated/α-hetero) is 1. The number of halogens is 1. The zero-order valence-corrected chi connectivity index (χ0v) is 25.5. The van der Waals surface area contributed by atoms with Crippen molar-refractivity contribution >= 4 is 17.4 Å². The van der Waals surface area contributed by atoms with E-state index in [4.69, 9.17) is 25.8 Å². The molecule has 38 heavy (non-hydrogen) atoms. The second kappa shape index (κ2) is 15.1. The number of carbonyl (C=O) groups is 1. The third-order valence-corrected chi connectivity index (χ3v) is 8.81. The number of phenols is 1. The fourth-order valence-electron chi connectivity index (χ4n) is 5.05. The molecule has 3 atom stereocenters. The molecule has 2 rings (SSSR count). The van der Waals surface area contributed by atoms with Crippen molar-refractivity contribution in [2.75, 3.05) is 20.3 Å². The van der Waals surface area contributed by atoms with E-state index < -0.39 is 6.29 Å². The molecule has 1 aromatic rings. The van der Waals surface area contributed by atoms with Crippen molar-refractivity contribution in [3.63, 3.8) is 0 Å². The lowest BCUT2D eigenvalue weighted by atomic mass is 9.61. The number of ketones is 1. The van der Waals surface area contributed by atoms with E-state index in [2.05, 4.69) is 45.9 Å². The first-order chi connectivity index (χ1) is 18.0. The van der Waals surface area contributed by atoms with Gasteiger partial charge in [0.05, 0.1) is 30.9 Å². The van der Waals surface area contributed by atoms with E-state index in [0.717, 1.165) is 37.7 Å². The maximum atomic E-state index is 12.4. The largest absolute Gasteiger partial charge is 0.507 e. The van der Waals surface area contributed by atoms with Gasteiger partial charge in [-0.05, 0) is 56.4 Å². The van der Waals surface area contributed by atoms with Crippen LogP contribution in [0.4, 0.5) is 0 Å². The fraction of sp³-hybridized carbons (Fsp3) is 0.656. The molecule has 1 aliphatic carbocycles. The van der Waals surface area contributed by atoms with Crippen molar-refractivity contribution in [1.29, 1.82) is 0 Å². The molecular formula is C32H49ClO5. The van der Waals surface area contributed by atoms with Gasteiger partial charge in [-0.2, -0.15) is 0 Å². The lowest BCUT2D eigenvalue weighted by molar-refractivity contribution is -0.149. The Morgan fingerprint density at radius 2 is 1.79 bits per heavy atom. The van der Waals surface area contributed by atoms with Crippen LogP contribution < -0.4 is 4.74 Å². The minimum absolute atomic E-state index is 0.00440. The van der Waals surface area contributed by atoms with Gasteiger partial charge in [0.2, 0.25) is 0 Å². The van der Waals surface area contributed by atoms with Gasteiger partial charge in [0.25, 0.3) is 0 Å². The smallest absolute Gasteiger partial charge is 0.187 e. The number of phenolic OH excluding ortho intramolecular Hbond substituents is 1. The number of carbonyl (C=O) groups excluding carboxylic acids is 1. The van der Waals surface area contributed by atoms with Gasteiger partial charge in [0, 0.05) is 17.9 Å². The summed E-state index contributed by atoms with van der Waals surface area (Å²) in [5.74, 6) is 1.33. The monoisotopic (exact) mass is 548 g/mol. The highest BCUT2D eigenvalue weighted by molar-refractivity contribution is 6.33. The van der Waals surface area contributed by atoms with E-state index in [9.17, 15) is 9.90 Å². The standard InChI is InChI=1S/C32H49ClO5/c1-9-11-19-37-31(38-20-12-10-2)27-23(5)28(33)30(36-8)25(29(27)35)15-13-21(3)17-18-32(7)22(4)14-16-26(34)24(32)6/h13,17-18,22,24,31,35H,9-12,14-16,19-20H2,1-8H3/b18-17+,21-13+/t22-,24+,32+/m1/s1. The Bertz CT molecular complexity index is 988. The van der Waals surface area contributed by atoms with Crippen molar-refractivity contribution in [3.05, 3.63) is 45.5 Å². The Morgan fingerprint density at radius 3 is 2.34 bits per heavy atom. The third-order valence-electron chi connectivity index (χ3n) is 8.36. The molecule has 0 saturated heterocycles. The molecule has 0 radical (unpaired) electrons. The summed E-state index contributed by atoms with van der Waals surface area (Å²) in [4.78, 5) is 12.4. The van der Waals surface area contributed by atoms with Gasteiger partial charge in [0.1, 0.15) is 17.3 Å². The first-order valence-corrected chi connectivity index (χ1v) is 14.6. The number of hydrogen-bond donors (Lipinski definition) is 1. The molecule has 1 saturated carbocycles. The minimum atomic E-state index is -0.702. The summed E-state index contributed by atoms with van der Waals surface area (Å²) >= 11 is 6.77. The highest BCUT2D eigenvalue weighted by Gasteiger charge is 2.41. The number of methoxy groups -OCH3 is 1. The highest BCUT2D eigenvalue weighted by Crippen LogP contribution is 2.46. The summed E-state index contributed by atoms with van der Waals surface area (Å²) in [6.07, 6.45) is 11.5. The summed E-state index contributed by atoms with van der Waals surface area (Å²) in [5, 5.41) is 11.9. The SMILES string of the molecule is CCCCOC(OCCCC)c1c(C)c(Cl)c(OC)c(C/C=C(C)/C=C/[C@@]2(C)[C@H](C)CCC(=O)[C@@H]2C)c1O. The molecule has 0 amide bonds. The van der Waals surface area contributed by atoms with Crippen LogP contribution in [0.1, 0.15) is 103 Å². The van der Waals surface area contributed by atoms with E-state index in [-0.39, 0.29) is 17.1 Å². The van der Waals surface area contributed by atoms with Crippen molar-refractivity contribution in [3.8, 4) is 11.5 Å². The Labute approximate surface area is 235 Å². The van der Waals surface area contributed by atoms with Crippen LogP contribution in [-0.4, -0.2) is 31.2 Å². The predicted octanol–water partition coefficient (Wildman–Crippen LogP) is 8.68. The Hall–Kier alpha value is -1.82. The van der Waals surface area contributed by atoms with Gasteiger partial charge in [-0.1, -0.05) is 82.9 Å². The highest BCUT2D eigenvalue weighted by atomic mass is 35.5. The van der Waals surface area contributed by atoms with Crippen LogP contribution in [-0.2, 0) is 20.7 Å². The van der Waals surface area contributed by atoms with Crippen molar-refractivity contribution < 1.29 is 24.1 Å². The molecule has 1 N–H and O–H groups in total. The molecule has 1 aliphatic rings. The van der Waals surface area contributed by atoms with Gasteiger partial charge < -0.3 is 19.3 Å². The molecule has 1 aromatic carbocycles. The molecule has 214 valence electrons. The molecule has 0 aromatic heterocycles. The maximum absolute atomic E-state index is 12.4. The van der Waals surface area contributed by atoms with Crippen molar-refractivity contribution in [2.24, 2.45) is 17.3 Å². The van der Waals surface area contributed by atoms with Gasteiger partial charge >= 0.3 is 0 Å². The minimum Gasteiger partial charge on any atom is -0.507 e. The number of allylic oxidation sites excluding steroid dienone is 4. The quantitative estimate of drug-likeness (QED) is 0.143. The van der Waals surface area contributed by atoms with Crippen molar-refractivity contribution in [1.82, 2.24) is 0 Å². The zero-order chi connectivity index (χ0) is 28.5. The summed E-state index contributed by atoms with van der Waals surface area (Å²) in [6.45, 7) is 15.6. The topological polar surface area (TPSA) is 65.0 Å². The average molecular weight is 549 g/mol. The summed E-state index contributed by atoms with van der Waals surface area (Å²) < 4.78 is 17.8. The van der Waals surface area contributed by atoms with E-state index >= 15 is 0 Å². The molecule has 0 spiro atoms. The lowest BCUT2D eigenvalue weighted by Crippen LogP contribution is -2.40. The molecule has 6 heteroatoms. The van der Waals surface area contributed by atoms with Crippen LogP contribution in [0.2, 0.25) is 5.02 Å². The Kier molecular flexibility index (Phi) is 12.9. The molecule has 0 heterocycles. The molecule has 0 unspecified atom stereocenters. The molecule has 0 aliphatic heterocycles. The van der Waals surface area contributed by atoms with Crippen LogP contribution in [0, 0.1) is 24.2 Å². The van der Waals surface area contributed by atoms with Crippen LogP contribution in [0.15, 0.2) is 23.8 Å². The number of benzene rings is 1. The fourth-order valence-corrected chi connectivity index (χ4v) is 5.35. The molecule has 0 bridgehead atoms. The van der Waals surface area contributed by atoms with Crippen LogP contribution in [0.25, 0.3) is 0 Å². The third kappa shape index (κ3) is 7.64. The summed E-state index contributed by atoms with van der Waals surface area (Å²) in [7, 11) is 1.57. The Balaban J connectivity index is 2.41. The Morgan fingerprint density at radius 1 is 1.18 bits per heavy atom. The van der Waals surface area contributed by atoms with Crippen molar-refractivity contribution in [2.45, 2.75) is 99.7 Å². The van der Waals surface area contributed by atoms with E-state index in [1.54, 1.807) is 7.11 Å². The molecule has 5 nitrogen and oxygen atoms in total. The van der Waals surface area contributed by atoms with E-state index in [0.29, 0.717) is 65.2 Å². The van der Waals surface area contributed by atoms with Crippen LogP contribution >= 0.6 is 11.6 Å². The second-order valence-electron chi connectivity index (χ2n) is 11.0. The number of hydrogen-bond acceptors (Lipinski definition) is 5. The normalized spacial score (nSPS) is 22.6. The first kappa shape index (κ1) is 32.4. The van der Waals surface area contributed by atoms with E-state index in [1.165, 1.54) is 0 Å². The predicted molar refractivity (Wildman–Crippen MR) is 156 cm³/mol.